The van der Waals surface area contributed by atoms with E-state index < -0.39 is 0 Å². The molecule has 0 saturated carbocycles. The van der Waals surface area contributed by atoms with Gasteiger partial charge in [-0.25, -0.2) is 0 Å². The highest BCUT2D eigenvalue weighted by Crippen LogP contribution is 2.20. The fraction of sp³-hybridized carbons (Fsp3) is 0.300. The highest BCUT2D eigenvalue weighted by molar-refractivity contribution is 6.18. The number of carbonyl (C=O) groups is 2. The van der Waals surface area contributed by atoms with E-state index in [0.29, 0.717) is 44.0 Å². The summed E-state index contributed by atoms with van der Waals surface area (Å²) in [5, 5.41) is 0. The van der Waals surface area contributed by atoms with Gasteiger partial charge in [0.2, 0.25) is 5.91 Å². The van der Waals surface area contributed by atoms with Crippen molar-refractivity contribution >= 4 is 23.4 Å². The van der Waals surface area contributed by atoms with Crippen LogP contribution >= 0.6 is 11.6 Å². The maximum absolute atomic E-state index is 12.7. The molecule has 0 aromatic heterocycles. The lowest BCUT2D eigenvalue weighted by atomic mass is 10.0. The molecule has 0 aliphatic carbocycles. The Morgan fingerprint density at radius 1 is 0.800 bits per heavy atom. The molecule has 25 heavy (non-hydrogen) atoms. The summed E-state index contributed by atoms with van der Waals surface area (Å²) in [7, 11) is 0. The third-order valence-corrected chi connectivity index (χ3v) is 4.66. The van der Waals surface area contributed by atoms with Gasteiger partial charge in [0.05, 0.1) is 0 Å². The average molecular weight is 357 g/mol. The van der Waals surface area contributed by atoms with Crippen LogP contribution in [0.25, 0.3) is 11.1 Å². The molecular weight excluding hydrogens is 336 g/mol. The van der Waals surface area contributed by atoms with E-state index in [1.54, 1.807) is 4.90 Å². The van der Waals surface area contributed by atoms with Gasteiger partial charge in [0.1, 0.15) is 0 Å². The second-order valence-electron chi connectivity index (χ2n) is 6.06. The number of nitrogens with zero attached hydrogens (tertiary/aromatic N) is 2. The number of hydrogen-bond acceptors (Lipinski definition) is 2. The van der Waals surface area contributed by atoms with Crippen LogP contribution in [0, 0.1) is 0 Å². The van der Waals surface area contributed by atoms with E-state index in [-0.39, 0.29) is 11.8 Å². The summed E-state index contributed by atoms with van der Waals surface area (Å²) in [4.78, 5) is 28.1. The molecule has 0 N–H and O–H groups in total. The van der Waals surface area contributed by atoms with E-state index in [4.69, 9.17) is 11.6 Å². The molecule has 0 atom stereocenters. The molecule has 1 aliphatic heterocycles. The molecule has 4 nitrogen and oxygen atoms in total. The molecule has 5 heteroatoms. The second-order valence-corrected chi connectivity index (χ2v) is 6.43. The van der Waals surface area contributed by atoms with Gasteiger partial charge < -0.3 is 9.80 Å². The quantitative estimate of drug-likeness (QED) is 0.789. The second kappa shape index (κ2) is 8.17. The Morgan fingerprint density at radius 3 is 1.96 bits per heavy atom. The van der Waals surface area contributed by atoms with Crippen LogP contribution in [0.2, 0.25) is 0 Å². The number of halogens is 1. The molecule has 1 saturated heterocycles. The molecule has 2 aromatic rings. The van der Waals surface area contributed by atoms with Crippen molar-refractivity contribution in [1.82, 2.24) is 9.80 Å². The molecule has 1 fully saturated rings. The van der Waals surface area contributed by atoms with Crippen molar-refractivity contribution in [3.8, 4) is 11.1 Å². The smallest absolute Gasteiger partial charge is 0.253 e. The van der Waals surface area contributed by atoms with Gasteiger partial charge in [0, 0.05) is 44.0 Å². The van der Waals surface area contributed by atoms with Gasteiger partial charge in [-0.15, -0.1) is 11.6 Å². The Morgan fingerprint density at radius 2 is 1.36 bits per heavy atom. The van der Waals surface area contributed by atoms with Crippen molar-refractivity contribution in [2.75, 3.05) is 32.1 Å². The third-order valence-electron chi connectivity index (χ3n) is 4.47. The predicted molar refractivity (Wildman–Crippen MR) is 99.7 cm³/mol. The summed E-state index contributed by atoms with van der Waals surface area (Å²) in [6, 6.07) is 17.8. The van der Waals surface area contributed by atoms with Gasteiger partial charge in [-0.3, -0.25) is 9.59 Å². The summed E-state index contributed by atoms with van der Waals surface area (Å²) in [5.41, 5.74) is 2.90. The fourth-order valence-corrected chi connectivity index (χ4v) is 3.18. The van der Waals surface area contributed by atoms with E-state index in [1.165, 1.54) is 0 Å². The monoisotopic (exact) mass is 356 g/mol. The first-order chi connectivity index (χ1) is 12.2. The normalized spacial score (nSPS) is 14.4. The first-order valence-corrected chi connectivity index (χ1v) is 9.01. The van der Waals surface area contributed by atoms with Crippen molar-refractivity contribution in [1.29, 1.82) is 0 Å². The number of carbonyl (C=O) groups excluding carboxylic acids is 2. The molecule has 3 rings (SSSR count). The van der Waals surface area contributed by atoms with Crippen LogP contribution < -0.4 is 0 Å². The molecule has 0 spiro atoms. The SMILES string of the molecule is O=C(CCCl)N1CCN(C(=O)c2ccc(-c3ccccc3)cc2)CC1. The van der Waals surface area contributed by atoms with Crippen molar-refractivity contribution in [3.05, 3.63) is 60.2 Å². The van der Waals surface area contributed by atoms with Crippen molar-refractivity contribution in [2.24, 2.45) is 0 Å². The van der Waals surface area contributed by atoms with Gasteiger partial charge >= 0.3 is 0 Å². The molecule has 1 heterocycles. The van der Waals surface area contributed by atoms with Gasteiger partial charge in [-0.1, -0.05) is 42.5 Å². The summed E-state index contributed by atoms with van der Waals surface area (Å²) < 4.78 is 0. The number of alkyl halides is 1. The third kappa shape index (κ3) is 4.20. The van der Waals surface area contributed by atoms with Crippen LogP contribution in [0.4, 0.5) is 0 Å². The van der Waals surface area contributed by atoms with Crippen LogP contribution in [0.5, 0.6) is 0 Å². The molecule has 0 unspecified atom stereocenters. The zero-order chi connectivity index (χ0) is 17.6. The van der Waals surface area contributed by atoms with Gasteiger partial charge in [0.15, 0.2) is 0 Å². The highest BCUT2D eigenvalue weighted by Gasteiger charge is 2.24. The van der Waals surface area contributed by atoms with Crippen LogP contribution in [0.15, 0.2) is 54.6 Å². The van der Waals surface area contributed by atoms with Crippen LogP contribution in [0.1, 0.15) is 16.8 Å². The van der Waals surface area contributed by atoms with Crippen molar-refractivity contribution in [2.45, 2.75) is 6.42 Å². The largest absolute Gasteiger partial charge is 0.339 e. The van der Waals surface area contributed by atoms with Gasteiger partial charge in [-0.05, 0) is 23.3 Å². The summed E-state index contributed by atoms with van der Waals surface area (Å²) in [5.74, 6) is 0.421. The number of rotatable bonds is 4. The summed E-state index contributed by atoms with van der Waals surface area (Å²) >= 11 is 5.62. The molecule has 2 amide bonds. The minimum Gasteiger partial charge on any atom is -0.339 e. The maximum Gasteiger partial charge on any atom is 0.253 e. The molecule has 1 aliphatic rings. The molecule has 0 radical (unpaired) electrons. The molecule has 130 valence electrons. The number of hydrogen-bond donors (Lipinski definition) is 0. The van der Waals surface area contributed by atoms with Crippen LogP contribution in [0.3, 0.4) is 0 Å². The van der Waals surface area contributed by atoms with Crippen LogP contribution in [-0.2, 0) is 4.79 Å². The Hall–Kier alpha value is -2.33. The lowest BCUT2D eigenvalue weighted by Gasteiger charge is -2.34. The van der Waals surface area contributed by atoms with E-state index in [2.05, 4.69) is 0 Å². The number of benzene rings is 2. The first-order valence-electron chi connectivity index (χ1n) is 8.47. The Bertz CT molecular complexity index is 723. The van der Waals surface area contributed by atoms with Gasteiger partial charge in [-0.2, -0.15) is 0 Å². The first kappa shape index (κ1) is 17.5. The Labute approximate surface area is 153 Å². The molecule has 0 bridgehead atoms. The Kier molecular flexibility index (Phi) is 5.71. The lowest BCUT2D eigenvalue weighted by Crippen LogP contribution is -2.50. The zero-order valence-corrected chi connectivity index (χ0v) is 14.8. The predicted octanol–water partition coefficient (Wildman–Crippen LogP) is 3.27. The van der Waals surface area contributed by atoms with Crippen molar-refractivity contribution < 1.29 is 9.59 Å². The minimum absolute atomic E-state index is 0.0176. The number of amides is 2. The molecule has 2 aromatic carbocycles. The van der Waals surface area contributed by atoms with E-state index in [1.807, 2.05) is 59.5 Å². The fourth-order valence-electron chi connectivity index (χ4n) is 3.02. The Balaban J connectivity index is 1.61. The summed E-state index contributed by atoms with van der Waals surface area (Å²) in [6.45, 7) is 2.27. The van der Waals surface area contributed by atoms with Crippen LogP contribution in [-0.4, -0.2) is 53.7 Å². The van der Waals surface area contributed by atoms with E-state index in [0.717, 1.165) is 11.1 Å². The average Bonchev–Trinajstić information content (AvgIpc) is 2.68. The summed E-state index contributed by atoms with van der Waals surface area (Å²) in [6.07, 6.45) is 0.358. The van der Waals surface area contributed by atoms with E-state index in [9.17, 15) is 9.59 Å². The van der Waals surface area contributed by atoms with E-state index >= 15 is 0 Å². The zero-order valence-electron chi connectivity index (χ0n) is 14.0. The lowest BCUT2D eigenvalue weighted by molar-refractivity contribution is -0.132. The standard InChI is InChI=1S/C20H21ClN2O2/c21-11-10-19(24)22-12-14-23(15-13-22)20(25)18-8-6-17(7-9-18)16-4-2-1-3-5-16/h1-9H,10-15H2. The number of piperazine rings is 1. The van der Waals surface area contributed by atoms with Crippen molar-refractivity contribution in [3.63, 3.8) is 0 Å². The molecular formula is C20H21ClN2O2. The highest BCUT2D eigenvalue weighted by atomic mass is 35.5. The topological polar surface area (TPSA) is 40.6 Å². The minimum atomic E-state index is 0.0176. The van der Waals surface area contributed by atoms with Gasteiger partial charge in [0.25, 0.3) is 5.91 Å². The maximum atomic E-state index is 12.7.